The first-order valence-electron chi connectivity index (χ1n) is 9.44. The standard InChI is InChI=1S/C20H22N6O/c1-24-18-17(10-23-24)19(22-13-21-18)25-8-7-16(12-25)20(27)26-9-6-14-4-2-3-5-15(14)11-26/h2-5,10,13,16H,6-9,11-12H2,1H3. The molecule has 5 rings (SSSR count). The Morgan fingerprint density at radius 1 is 1.15 bits per heavy atom. The average Bonchev–Trinajstić information content (AvgIpc) is 3.34. The molecule has 1 fully saturated rings. The number of fused-ring (bicyclic) bond motifs is 2. The third kappa shape index (κ3) is 2.74. The molecule has 0 aliphatic carbocycles. The molecular weight excluding hydrogens is 340 g/mol. The van der Waals surface area contributed by atoms with Crippen molar-refractivity contribution in [3.8, 4) is 0 Å². The molecule has 0 radical (unpaired) electrons. The van der Waals surface area contributed by atoms with Gasteiger partial charge in [-0.05, 0) is 24.0 Å². The van der Waals surface area contributed by atoms with Crippen molar-refractivity contribution >= 4 is 22.8 Å². The Morgan fingerprint density at radius 2 is 2.00 bits per heavy atom. The predicted octanol–water partition coefficient (Wildman–Crippen LogP) is 1.77. The van der Waals surface area contributed by atoms with Crippen molar-refractivity contribution in [2.24, 2.45) is 13.0 Å². The van der Waals surface area contributed by atoms with Gasteiger partial charge in [0.15, 0.2) is 5.65 Å². The lowest BCUT2D eigenvalue weighted by molar-refractivity contribution is -0.135. The highest BCUT2D eigenvalue weighted by molar-refractivity contribution is 5.87. The fraction of sp³-hybridized carbons (Fsp3) is 0.400. The zero-order chi connectivity index (χ0) is 18.4. The Balaban J connectivity index is 1.33. The van der Waals surface area contributed by atoms with Gasteiger partial charge >= 0.3 is 0 Å². The van der Waals surface area contributed by atoms with Crippen LogP contribution in [0.4, 0.5) is 5.82 Å². The van der Waals surface area contributed by atoms with E-state index in [-0.39, 0.29) is 11.8 Å². The monoisotopic (exact) mass is 362 g/mol. The summed E-state index contributed by atoms with van der Waals surface area (Å²) in [5, 5.41) is 5.23. The van der Waals surface area contributed by atoms with Gasteiger partial charge in [0.1, 0.15) is 12.1 Å². The van der Waals surface area contributed by atoms with Crippen LogP contribution in [0.3, 0.4) is 0 Å². The van der Waals surface area contributed by atoms with Crippen molar-refractivity contribution in [1.29, 1.82) is 0 Å². The zero-order valence-electron chi connectivity index (χ0n) is 15.4. The van der Waals surface area contributed by atoms with Gasteiger partial charge in [-0.25, -0.2) is 9.97 Å². The van der Waals surface area contributed by atoms with Crippen molar-refractivity contribution in [2.75, 3.05) is 24.5 Å². The second-order valence-electron chi connectivity index (χ2n) is 7.41. The number of rotatable bonds is 2. The molecule has 1 amide bonds. The summed E-state index contributed by atoms with van der Waals surface area (Å²) in [5.41, 5.74) is 3.47. The van der Waals surface area contributed by atoms with Gasteiger partial charge < -0.3 is 9.80 Å². The summed E-state index contributed by atoms with van der Waals surface area (Å²) in [6, 6.07) is 8.43. The zero-order valence-corrected chi connectivity index (χ0v) is 15.4. The van der Waals surface area contributed by atoms with E-state index in [0.717, 1.165) is 49.3 Å². The van der Waals surface area contributed by atoms with Gasteiger partial charge in [-0.15, -0.1) is 0 Å². The quantitative estimate of drug-likeness (QED) is 0.695. The number of hydrogen-bond donors (Lipinski definition) is 0. The van der Waals surface area contributed by atoms with Crippen LogP contribution in [0.1, 0.15) is 17.5 Å². The Hall–Kier alpha value is -2.96. The molecule has 4 heterocycles. The fourth-order valence-corrected chi connectivity index (χ4v) is 4.30. The lowest BCUT2D eigenvalue weighted by Gasteiger charge is -2.31. The smallest absolute Gasteiger partial charge is 0.227 e. The molecule has 0 spiro atoms. The van der Waals surface area contributed by atoms with Crippen LogP contribution in [0.25, 0.3) is 11.0 Å². The number of nitrogens with zero attached hydrogens (tertiary/aromatic N) is 6. The molecule has 27 heavy (non-hydrogen) atoms. The van der Waals surface area contributed by atoms with Crippen molar-refractivity contribution in [1.82, 2.24) is 24.6 Å². The topological polar surface area (TPSA) is 67.2 Å². The molecule has 7 heteroatoms. The van der Waals surface area contributed by atoms with Gasteiger partial charge in [-0.2, -0.15) is 5.10 Å². The second kappa shape index (κ2) is 6.33. The minimum Gasteiger partial charge on any atom is -0.355 e. The number of aryl methyl sites for hydroxylation is 1. The van der Waals surface area contributed by atoms with Crippen LogP contribution in [-0.4, -0.2) is 50.2 Å². The van der Waals surface area contributed by atoms with E-state index in [2.05, 4.69) is 44.2 Å². The Labute approximate surface area is 157 Å². The minimum absolute atomic E-state index is 0.0250. The molecule has 2 aromatic heterocycles. The van der Waals surface area contributed by atoms with Crippen LogP contribution in [0.15, 0.2) is 36.8 Å². The molecule has 1 saturated heterocycles. The summed E-state index contributed by atoms with van der Waals surface area (Å²) in [5.74, 6) is 1.17. The molecule has 1 atom stereocenters. The van der Waals surface area contributed by atoms with Gasteiger partial charge in [0, 0.05) is 33.2 Å². The third-order valence-corrected chi connectivity index (χ3v) is 5.79. The summed E-state index contributed by atoms with van der Waals surface area (Å²) in [6.45, 7) is 3.08. The highest BCUT2D eigenvalue weighted by Crippen LogP contribution is 2.29. The van der Waals surface area contributed by atoms with Crippen molar-refractivity contribution in [3.63, 3.8) is 0 Å². The SMILES string of the molecule is Cn1ncc2c(N3CCC(C(=O)N4CCc5ccccc5C4)C3)ncnc21. The molecule has 138 valence electrons. The molecule has 1 aromatic carbocycles. The van der Waals surface area contributed by atoms with Crippen LogP contribution in [0.5, 0.6) is 0 Å². The second-order valence-corrected chi connectivity index (χ2v) is 7.41. The summed E-state index contributed by atoms with van der Waals surface area (Å²) in [7, 11) is 1.88. The lowest BCUT2D eigenvalue weighted by atomic mass is 9.98. The fourth-order valence-electron chi connectivity index (χ4n) is 4.30. The van der Waals surface area contributed by atoms with Gasteiger partial charge in [-0.3, -0.25) is 9.48 Å². The number of carbonyl (C=O) groups excluding carboxylic acids is 1. The largest absolute Gasteiger partial charge is 0.355 e. The maximum atomic E-state index is 13.1. The lowest BCUT2D eigenvalue weighted by Crippen LogP contribution is -2.40. The molecule has 0 saturated carbocycles. The summed E-state index contributed by atoms with van der Waals surface area (Å²) < 4.78 is 1.75. The Kier molecular flexibility index (Phi) is 3.81. The van der Waals surface area contributed by atoms with Crippen LogP contribution >= 0.6 is 0 Å². The normalized spacial score (nSPS) is 19.5. The maximum Gasteiger partial charge on any atom is 0.227 e. The molecule has 7 nitrogen and oxygen atoms in total. The highest BCUT2D eigenvalue weighted by atomic mass is 16.2. The molecule has 0 bridgehead atoms. The molecule has 2 aliphatic rings. The van der Waals surface area contributed by atoms with E-state index in [4.69, 9.17) is 0 Å². The summed E-state index contributed by atoms with van der Waals surface area (Å²) in [4.78, 5) is 26.1. The van der Waals surface area contributed by atoms with Crippen LogP contribution in [0.2, 0.25) is 0 Å². The Morgan fingerprint density at radius 3 is 2.89 bits per heavy atom. The average molecular weight is 362 g/mol. The first-order chi connectivity index (χ1) is 13.2. The first kappa shape index (κ1) is 16.2. The van der Waals surface area contributed by atoms with Crippen molar-refractivity contribution in [3.05, 3.63) is 47.9 Å². The number of benzene rings is 1. The van der Waals surface area contributed by atoms with Crippen LogP contribution in [-0.2, 0) is 24.8 Å². The number of carbonyl (C=O) groups is 1. The van der Waals surface area contributed by atoms with E-state index >= 15 is 0 Å². The van der Waals surface area contributed by atoms with E-state index in [9.17, 15) is 4.79 Å². The number of aromatic nitrogens is 4. The van der Waals surface area contributed by atoms with Crippen molar-refractivity contribution in [2.45, 2.75) is 19.4 Å². The van der Waals surface area contributed by atoms with Gasteiger partial charge in [0.25, 0.3) is 0 Å². The number of hydrogen-bond acceptors (Lipinski definition) is 5. The molecule has 3 aromatic rings. The predicted molar refractivity (Wildman–Crippen MR) is 102 cm³/mol. The molecule has 1 unspecified atom stereocenters. The van der Waals surface area contributed by atoms with Gasteiger partial charge in [0.2, 0.25) is 5.91 Å². The van der Waals surface area contributed by atoms with E-state index in [0.29, 0.717) is 6.54 Å². The van der Waals surface area contributed by atoms with Crippen LogP contribution < -0.4 is 4.90 Å². The van der Waals surface area contributed by atoms with E-state index in [1.54, 1.807) is 17.2 Å². The van der Waals surface area contributed by atoms with Crippen LogP contribution in [0, 0.1) is 5.92 Å². The van der Waals surface area contributed by atoms with Gasteiger partial charge in [-0.1, -0.05) is 24.3 Å². The minimum atomic E-state index is 0.0250. The maximum absolute atomic E-state index is 13.1. The highest BCUT2D eigenvalue weighted by Gasteiger charge is 2.34. The third-order valence-electron chi connectivity index (χ3n) is 5.79. The Bertz CT molecular complexity index is 1010. The number of amides is 1. The molecule has 0 N–H and O–H groups in total. The van der Waals surface area contributed by atoms with Gasteiger partial charge in [0.05, 0.1) is 17.5 Å². The van der Waals surface area contributed by atoms with E-state index < -0.39 is 0 Å². The van der Waals surface area contributed by atoms with E-state index in [1.165, 1.54) is 11.1 Å². The molecular formula is C20H22N6O. The van der Waals surface area contributed by atoms with E-state index in [1.807, 2.05) is 11.9 Å². The number of anilines is 1. The first-order valence-corrected chi connectivity index (χ1v) is 9.44. The summed E-state index contributed by atoms with van der Waals surface area (Å²) in [6.07, 6.45) is 5.20. The summed E-state index contributed by atoms with van der Waals surface area (Å²) >= 11 is 0. The van der Waals surface area contributed by atoms with Crippen molar-refractivity contribution < 1.29 is 4.79 Å². The molecule has 2 aliphatic heterocycles.